The Labute approximate surface area is 112 Å². The number of carboxylic acids is 1. The lowest BCUT2D eigenvalue weighted by atomic mass is 10.1. The van der Waals surface area contributed by atoms with Crippen molar-refractivity contribution >= 4 is 28.2 Å². The highest BCUT2D eigenvalue weighted by atomic mass is 16.4. The van der Waals surface area contributed by atoms with E-state index in [2.05, 4.69) is 4.98 Å². The van der Waals surface area contributed by atoms with Crippen LogP contribution >= 0.6 is 0 Å². The number of hydrogen-bond acceptors (Lipinski definition) is 4. The number of nitrogens with zero attached hydrogens (tertiary/aromatic N) is 3. The van der Waals surface area contributed by atoms with Crippen LogP contribution in [0.4, 0.5) is 11.5 Å². The standard InChI is InChI=1S/C14H17N3O2/c1-16(2)11-6-4-5-10-7-8-15-14(13(10)11)17(3)9-12(18)19/h4-8H,9H2,1-3H3,(H,18,19). The molecular formula is C14H17N3O2. The molecule has 0 bridgehead atoms. The van der Waals surface area contributed by atoms with Crippen molar-refractivity contribution in [2.45, 2.75) is 0 Å². The Morgan fingerprint density at radius 2 is 2.00 bits per heavy atom. The molecule has 0 saturated carbocycles. The van der Waals surface area contributed by atoms with Crippen LogP contribution in [0.3, 0.4) is 0 Å². The minimum Gasteiger partial charge on any atom is -0.480 e. The molecule has 0 atom stereocenters. The molecule has 0 amide bonds. The first-order valence-electron chi connectivity index (χ1n) is 5.98. The fourth-order valence-electron chi connectivity index (χ4n) is 2.13. The molecule has 2 aromatic rings. The summed E-state index contributed by atoms with van der Waals surface area (Å²) in [6, 6.07) is 7.92. The van der Waals surface area contributed by atoms with Crippen LogP contribution in [0.1, 0.15) is 0 Å². The van der Waals surface area contributed by atoms with E-state index in [1.807, 2.05) is 43.3 Å². The third kappa shape index (κ3) is 2.59. The number of carboxylic acid groups (broad SMARTS) is 1. The molecule has 0 aliphatic carbocycles. The molecule has 1 heterocycles. The first kappa shape index (κ1) is 13.1. The molecule has 5 nitrogen and oxygen atoms in total. The van der Waals surface area contributed by atoms with E-state index < -0.39 is 5.97 Å². The molecule has 1 aromatic heterocycles. The van der Waals surface area contributed by atoms with Gasteiger partial charge in [0.25, 0.3) is 0 Å². The highest BCUT2D eigenvalue weighted by Crippen LogP contribution is 2.32. The largest absolute Gasteiger partial charge is 0.480 e. The number of pyridine rings is 1. The summed E-state index contributed by atoms with van der Waals surface area (Å²) in [5.74, 6) is -0.187. The van der Waals surface area contributed by atoms with E-state index in [9.17, 15) is 4.79 Å². The molecule has 100 valence electrons. The summed E-state index contributed by atoms with van der Waals surface area (Å²) in [5.41, 5.74) is 1.03. The number of fused-ring (bicyclic) bond motifs is 1. The molecule has 5 heteroatoms. The molecule has 0 radical (unpaired) electrons. The molecule has 0 aliphatic rings. The number of carbonyl (C=O) groups is 1. The van der Waals surface area contributed by atoms with E-state index in [1.54, 1.807) is 18.1 Å². The first-order chi connectivity index (χ1) is 9.00. The third-order valence-corrected chi connectivity index (χ3v) is 2.97. The number of anilines is 2. The number of likely N-dealkylation sites (N-methyl/N-ethyl adjacent to an activating group) is 1. The van der Waals surface area contributed by atoms with Crippen molar-refractivity contribution in [2.24, 2.45) is 0 Å². The summed E-state index contributed by atoms with van der Waals surface area (Å²) in [5, 5.41) is 10.9. The second-order valence-electron chi connectivity index (χ2n) is 4.65. The molecule has 0 fully saturated rings. The molecule has 0 saturated heterocycles. The van der Waals surface area contributed by atoms with E-state index in [-0.39, 0.29) is 6.54 Å². The molecular weight excluding hydrogens is 242 g/mol. The molecule has 1 aromatic carbocycles. The predicted molar refractivity (Wildman–Crippen MR) is 77.0 cm³/mol. The summed E-state index contributed by atoms with van der Waals surface area (Å²) in [7, 11) is 5.66. The Morgan fingerprint density at radius 3 is 2.63 bits per heavy atom. The van der Waals surface area contributed by atoms with Gasteiger partial charge in [-0.15, -0.1) is 0 Å². The fraction of sp³-hybridized carbons (Fsp3) is 0.286. The second kappa shape index (κ2) is 5.14. The van der Waals surface area contributed by atoms with Gasteiger partial charge < -0.3 is 14.9 Å². The Bertz CT molecular complexity index is 605. The van der Waals surface area contributed by atoms with Crippen molar-refractivity contribution in [1.82, 2.24) is 4.98 Å². The fourth-order valence-corrected chi connectivity index (χ4v) is 2.13. The zero-order valence-electron chi connectivity index (χ0n) is 11.3. The van der Waals surface area contributed by atoms with Gasteiger partial charge in [0.05, 0.1) is 0 Å². The summed E-state index contributed by atoms with van der Waals surface area (Å²) in [6.07, 6.45) is 1.70. The van der Waals surface area contributed by atoms with Crippen LogP contribution in [-0.4, -0.2) is 43.7 Å². The zero-order valence-corrected chi connectivity index (χ0v) is 11.3. The van der Waals surface area contributed by atoms with Crippen molar-refractivity contribution in [1.29, 1.82) is 0 Å². The van der Waals surface area contributed by atoms with Gasteiger partial charge in [-0.1, -0.05) is 12.1 Å². The molecule has 0 unspecified atom stereocenters. The number of aliphatic carboxylic acids is 1. The van der Waals surface area contributed by atoms with Crippen LogP contribution < -0.4 is 9.80 Å². The average molecular weight is 259 g/mol. The maximum Gasteiger partial charge on any atom is 0.323 e. The minimum absolute atomic E-state index is 0.0755. The minimum atomic E-state index is -0.872. The van der Waals surface area contributed by atoms with Gasteiger partial charge in [0.2, 0.25) is 0 Å². The molecule has 2 rings (SSSR count). The number of hydrogen-bond donors (Lipinski definition) is 1. The quantitative estimate of drug-likeness (QED) is 0.907. The molecule has 0 aliphatic heterocycles. The highest BCUT2D eigenvalue weighted by molar-refractivity contribution is 6.02. The van der Waals surface area contributed by atoms with Crippen LogP contribution in [0.2, 0.25) is 0 Å². The Kier molecular flexibility index (Phi) is 3.55. The van der Waals surface area contributed by atoms with Gasteiger partial charge in [-0.2, -0.15) is 0 Å². The van der Waals surface area contributed by atoms with Gasteiger partial charge in [-0.05, 0) is 17.5 Å². The maximum absolute atomic E-state index is 10.9. The van der Waals surface area contributed by atoms with Crippen LogP contribution in [0.25, 0.3) is 10.8 Å². The van der Waals surface area contributed by atoms with Gasteiger partial charge >= 0.3 is 5.97 Å². The summed E-state index contributed by atoms with van der Waals surface area (Å²) in [4.78, 5) is 18.8. The van der Waals surface area contributed by atoms with E-state index in [4.69, 9.17) is 5.11 Å². The average Bonchev–Trinajstić information content (AvgIpc) is 2.36. The summed E-state index contributed by atoms with van der Waals surface area (Å²) < 4.78 is 0. The van der Waals surface area contributed by atoms with Gasteiger partial charge in [0.15, 0.2) is 0 Å². The topological polar surface area (TPSA) is 56.7 Å². The van der Waals surface area contributed by atoms with Crippen molar-refractivity contribution in [3.05, 3.63) is 30.5 Å². The van der Waals surface area contributed by atoms with Crippen molar-refractivity contribution < 1.29 is 9.90 Å². The number of rotatable bonds is 4. The van der Waals surface area contributed by atoms with Gasteiger partial charge in [-0.3, -0.25) is 4.79 Å². The Morgan fingerprint density at radius 1 is 1.26 bits per heavy atom. The Hall–Kier alpha value is -2.30. The van der Waals surface area contributed by atoms with Crippen molar-refractivity contribution in [2.75, 3.05) is 37.5 Å². The third-order valence-electron chi connectivity index (χ3n) is 2.97. The van der Waals surface area contributed by atoms with Gasteiger partial charge in [0, 0.05) is 38.4 Å². The monoisotopic (exact) mass is 259 g/mol. The lowest BCUT2D eigenvalue weighted by Gasteiger charge is -2.22. The van der Waals surface area contributed by atoms with E-state index >= 15 is 0 Å². The van der Waals surface area contributed by atoms with Crippen LogP contribution in [0.15, 0.2) is 30.5 Å². The normalized spacial score (nSPS) is 10.5. The number of aromatic nitrogens is 1. The number of benzene rings is 1. The van der Waals surface area contributed by atoms with Crippen LogP contribution in [0.5, 0.6) is 0 Å². The zero-order chi connectivity index (χ0) is 14.0. The molecule has 19 heavy (non-hydrogen) atoms. The van der Waals surface area contributed by atoms with Crippen molar-refractivity contribution in [3.63, 3.8) is 0 Å². The molecule has 0 spiro atoms. The van der Waals surface area contributed by atoms with Gasteiger partial charge in [-0.25, -0.2) is 4.98 Å². The Balaban J connectivity index is 2.63. The SMILES string of the molecule is CN(C)c1cccc2ccnc(N(C)CC(=O)O)c12. The van der Waals surface area contributed by atoms with Crippen molar-refractivity contribution in [3.8, 4) is 0 Å². The van der Waals surface area contributed by atoms with Crippen LogP contribution in [0, 0.1) is 0 Å². The predicted octanol–water partition coefficient (Wildman–Crippen LogP) is 1.82. The second-order valence-corrected chi connectivity index (χ2v) is 4.65. The summed E-state index contributed by atoms with van der Waals surface area (Å²) in [6.45, 7) is -0.0755. The smallest absolute Gasteiger partial charge is 0.323 e. The highest BCUT2D eigenvalue weighted by Gasteiger charge is 2.14. The van der Waals surface area contributed by atoms with E-state index in [1.165, 1.54) is 0 Å². The van der Waals surface area contributed by atoms with Crippen LogP contribution in [-0.2, 0) is 4.79 Å². The summed E-state index contributed by atoms with van der Waals surface area (Å²) >= 11 is 0. The lowest BCUT2D eigenvalue weighted by molar-refractivity contribution is -0.135. The maximum atomic E-state index is 10.9. The first-order valence-corrected chi connectivity index (χ1v) is 5.98. The molecule has 1 N–H and O–H groups in total. The lowest BCUT2D eigenvalue weighted by Crippen LogP contribution is -2.26. The van der Waals surface area contributed by atoms with E-state index in [0.29, 0.717) is 5.82 Å². The van der Waals surface area contributed by atoms with E-state index in [0.717, 1.165) is 16.5 Å². The van der Waals surface area contributed by atoms with Gasteiger partial charge in [0.1, 0.15) is 12.4 Å².